The van der Waals surface area contributed by atoms with Crippen molar-refractivity contribution in [3.8, 4) is 0 Å². The van der Waals surface area contributed by atoms with E-state index in [0.29, 0.717) is 12.8 Å². The van der Waals surface area contributed by atoms with Gasteiger partial charge in [-0.3, -0.25) is 9.59 Å². The van der Waals surface area contributed by atoms with Gasteiger partial charge in [0.15, 0.2) is 6.10 Å². The fourth-order valence-electron chi connectivity index (χ4n) is 7.41. The standard InChI is InChI=1S/C51H95NO7/c1-6-8-10-12-14-16-18-20-22-24-25-26-28-30-32-34-36-38-40-42-50(54)59-47(45-57-44-43-48(51(55)56)52(3,4)5)46-58-49(53)41-39-37-35-33-31-29-27-23-21-19-17-15-13-11-9-7-2/h20,22-23,27,47-48H,6-19,21,24-26,28-46H2,1-5H3/b22-20-,27-23-. The third-order valence-corrected chi connectivity index (χ3v) is 11.3. The highest BCUT2D eigenvalue weighted by Gasteiger charge is 2.25. The zero-order valence-corrected chi connectivity index (χ0v) is 39.4. The lowest BCUT2D eigenvalue weighted by molar-refractivity contribution is -0.889. The summed E-state index contributed by atoms with van der Waals surface area (Å²) < 4.78 is 17.2. The van der Waals surface area contributed by atoms with Gasteiger partial charge in [0.25, 0.3) is 0 Å². The van der Waals surface area contributed by atoms with Crippen molar-refractivity contribution in [2.75, 3.05) is 41.0 Å². The van der Waals surface area contributed by atoms with Crippen LogP contribution in [-0.2, 0) is 28.6 Å². The van der Waals surface area contributed by atoms with Crippen molar-refractivity contribution >= 4 is 17.9 Å². The second kappa shape index (κ2) is 42.5. The van der Waals surface area contributed by atoms with Crippen molar-refractivity contribution < 1.29 is 38.2 Å². The van der Waals surface area contributed by atoms with Crippen LogP contribution in [0.1, 0.15) is 232 Å². The van der Waals surface area contributed by atoms with Crippen LogP contribution in [0.4, 0.5) is 0 Å². The monoisotopic (exact) mass is 834 g/mol. The zero-order chi connectivity index (χ0) is 43.5. The van der Waals surface area contributed by atoms with Gasteiger partial charge in [-0.25, -0.2) is 0 Å². The maximum atomic E-state index is 12.8. The fraction of sp³-hybridized carbons (Fsp3) is 0.863. The van der Waals surface area contributed by atoms with E-state index < -0.39 is 18.1 Å². The molecule has 59 heavy (non-hydrogen) atoms. The molecule has 0 saturated heterocycles. The first-order valence-electron chi connectivity index (χ1n) is 24.9. The Bertz CT molecular complexity index is 1020. The Hall–Kier alpha value is -2.19. The van der Waals surface area contributed by atoms with Gasteiger partial charge in [0.05, 0.1) is 40.3 Å². The van der Waals surface area contributed by atoms with Crippen molar-refractivity contribution in [3.05, 3.63) is 24.3 Å². The summed E-state index contributed by atoms with van der Waals surface area (Å²) in [5, 5.41) is 11.6. The molecule has 0 aliphatic rings. The molecule has 346 valence electrons. The van der Waals surface area contributed by atoms with E-state index >= 15 is 0 Å². The number of ether oxygens (including phenoxy) is 3. The molecular weight excluding hydrogens is 739 g/mol. The van der Waals surface area contributed by atoms with Crippen LogP contribution in [0.25, 0.3) is 0 Å². The Morgan fingerprint density at radius 1 is 0.492 bits per heavy atom. The summed E-state index contributed by atoms with van der Waals surface area (Å²) >= 11 is 0. The third kappa shape index (κ3) is 41.0. The van der Waals surface area contributed by atoms with Gasteiger partial charge in [-0.1, -0.05) is 173 Å². The van der Waals surface area contributed by atoms with Crippen LogP contribution in [0.2, 0.25) is 0 Å². The second-order valence-corrected chi connectivity index (χ2v) is 18.0. The topological polar surface area (TPSA) is 102 Å². The summed E-state index contributed by atoms with van der Waals surface area (Å²) in [5.74, 6) is -1.74. The van der Waals surface area contributed by atoms with Crippen LogP contribution in [0.3, 0.4) is 0 Å². The summed E-state index contributed by atoms with van der Waals surface area (Å²) in [6, 6.07) is -0.725. The number of carboxylic acid groups (broad SMARTS) is 1. The quantitative estimate of drug-likeness (QED) is 0.0260. The van der Waals surface area contributed by atoms with Crippen molar-refractivity contribution in [2.45, 2.75) is 244 Å². The number of unbranched alkanes of at least 4 members (excludes halogenated alkanes) is 27. The second-order valence-electron chi connectivity index (χ2n) is 18.0. The van der Waals surface area contributed by atoms with Crippen LogP contribution in [-0.4, -0.2) is 75.5 Å². The number of esters is 2. The smallest absolute Gasteiger partial charge is 0.306 e. The number of nitrogens with zero attached hydrogens (tertiary/aromatic N) is 1. The van der Waals surface area contributed by atoms with E-state index in [1.54, 1.807) is 21.1 Å². The Labute approximate surface area is 364 Å². The Morgan fingerprint density at radius 3 is 1.22 bits per heavy atom. The molecule has 0 heterocycles. The average Bonchev–Trinajstić information content (AvgIpc) is 3.19. The summed E-state index contributed by atoms with van der Waals surface area (Å²) in [5.41, 5.74) is 0. The number of likely N-dealkylation sites (N-methyl/N-ethyl adjacent to an activating group) is 1. The molecule has 0 saturated carbocycles. The predicted octanol–water partition coefficient (Wildman–Crippen LogP) is 12.7. The number of hydrogen-bond donors (Lipinski definition) is 0. The van der Waals surface area contributed by atoms with E-state index in [1.165, 1.54) is 148 Å². The molecule has 0 radical (unpaired) electrons. The number of carbonyl (C=O) groups is 3. The van der Waals surface area contributed by atoms with Gasteiger partial charge in [0.1, 0.15) is 12.6 Å². The minimum atomic E-state index is -1.12. The maximum absolute atomic E-state index is 12.8. The van der Waals surface area contributed by atoms with E-state index in [-0.39, 0.29) is 42.7 Å². The first-order chi connectivity index (χ1) is 28.6. The molecule has 8 nitrogen and oxygen atoms in total. The van der Waals surface area contributed by atoms with Crippen molar-refractivity contribution in [1.82, 2.24) is 0 Å². The minimum Gasteiger partial charge on any atom is -0.544 e. The molecule has 0 aromatic heterocycles. The normalized spacial score (nSPS) is 13.0. The first-order valence-corrected chi connectivity index (χ1v) is 24.9. The molecule has 0 fully saturated rings. The number of rotatable bonds is 45. The largest absolute Gasteiger partial charge is 0.544 e. The predicted molar refractivity (Wildman–Crippen MR) is 245 cm³/mol. The fourth-order valence-corrected chi connectivity index (χ4v) is 7.41. The number of hydrogen-bond acceptors (Lipinski definition) is 7. The molecule has 2 unspecified atom stereocenters. The highest BCUT2D eigenvalue weighted by Crippen LogP contribution is 2.15. The molecule has 2 atom stereocenters. The molecule has 8 heteroatoms. The molecule has 0 aromatic rings. The lowest BCUT2D eigenvalue weighted by atomic mass is 10.1. The molecule has 0 bridgehead atoms. The van der Waals surface area contributed by atoms with E-state index in [0.717, 1.165) is 51.4 Å². The van der Waals surface area contributed by atoms with Crippen molar-refractivity contribution in [1.29, 1.82) is 0 Å². The lowest BCUT2D eigenvalue weighted by Crippen LogP contribution is -2.55. The SMILES string of the molecule is CCCCCCCC/C=C\CCCCCCCCCCCC(=O)OC(COCCC(C(=O)[O-])[N+](C)(C)C)COC(=O)CCCCCCC/C=C\CCCCCCCCC. The highest BCUT2D eigenvalue weighted by molar-refractivity contribution is 5.70. The molecule has 0 aromatic carbocycles. The van der Waals surface area contributed by atoms with Gasteiger partial charge in [0.2, 0.25) is 0 Å². The van der Waals surface area contributed by atoms with Crippen LogP contribution in [0, 0.1) is 0 Å². The summed E-state index contributed by atoms with van der Waals surface area (Å²) in [6.07, 6.45) is 47.7. The van der Waals surface area contributed by atoms with Crippen molar-refractivity contribution in [3.63, 3.8) is 0 Å². The van der Waals surface area contributed by atoms with Gasteiger partial charge in [0, 0.05) is 19.3 Å². The van der Waals surface area contributed by atoms with Crippen LogP contribution < -0.4 is 5.11 Å². The number of carboxylic acids is 1. The molecule has 0 spiro atoms. The molecular formula is C51H95NO7. The highest BCUT2D eigenvalue weighted by atomic mass is 16.6. The van der Waals surface area contributed by atoms with E-state index in [1.807, 2.05) is 0 Å². The number of quaternary nitrogens is 1. The number of aliphatic carboxylic acids is 1. The van der Waals surface area contributed by atoms with Crippen LogP contribution >= 0.6 is 0 Å². The minimum absolute atomic E-state index is 0.0406. The molecule has 0 aliphatic carbocycles. The molecule has 0 N–H and O–H groups in total. The summed E-state index contributed by atoms with van der Waals surface area (Å²) in [4.78, 5) is 37.0. The van der Waals surface area contributed by atoms with Crippen LogP contribution in [0.15, 0.2) is 24.3 Å². The molecule has 0 rings (SSSR count). The van der Waals surface area contributed by atoms with E-state index in [9.17, 15) is 19.5 Å². The number of allylic oxidation sites excluding steroid dienone is 4. The van der Waals surface area contributed by atoms with Crippen molar-refractivity contribution in [2.24, 2.45) is 0 Å². The van der Waals surface area contributed by atoms with Gasteiger partial charge >= 0.3 is 11.9 Å². The Morgan fingerprint density at radius 2 is 0.847 bits per heavy atom. The van der Waals surface area contributed by atoms with E-state index in [2.05, 4.69) is 38.2 Å². The van der Waals surface area contributed by atoms with Gasteiger partial charge in [-0.05, 0) is 64.2 Å². The Balaban J connectivity index is 4.27. The molecule has 0 aliphatic heterocycles. The molecule has 0 amide bonds. The zero-order valence-electron chi connectivity index (χ0n) is 39.4. The maximum Gasteiger partial charge on any atom is 0.306 e. The summed E-state index contributed by atoms with van der Waals surface area (Å²) in [6.45, 7) is 4.67. The Kier molecular flexibility index (Phi) is 40.9. The van der Waals surface area contributed by atoms with Gasteiger partial charge < -0.3 is 28.6 Å². The van der Waals surface area contributed by atoms with Gasteiger partial charge in [-0.2, -0.15) is 0 Å². The number of carbonyl (C=O) groups excluding carboxylic acids is 3. The summed E-state index contributed by atoms with van der Waals surface area (Å²) in [7, 11) is 5.42. The van der Waals surface area contributed by atoms with Crippen LogP contribution in [0.5, 0.6) is 0 Å². The first kappa shape index (κ1) is 56.8. The third-order valence-electron chi connectivity index (χ3n) is 11.3. The van der Waals surface area contributed by atoms with Gasteiger partial charge in [-0.15, -0.1) is 0 Å². The van der Waals surface area contributed by atoms with E-state index in [4.69, 9.17) is 14.2 Å². The lowest BCUT2D eigenvalue weighted by Gasteiger charge is -2.34. The average molecular weight is 834 g/mol.